The van der Waals surface area contributed by atoms with Crippen molar-refractivity contribution in [1.82, 2.24) is 9.80 Å². The molecular weight excluding hydrogens is 324 g/mol. The van der Waals surface area contributed by atoms with E-state index in [1.165, 1.54) is 17.7 Å². The van der Waals surface area contributed by atoms with Gasteiger partial charge in [-0.25, -0.2) is 0 Å². The average Bonchev–Trinajstić information content (AvgIpc) is 3.28. The summed E-state index contributed by atoms with van der Waals surface area (Å²) in [5, 5.41) is 0. The van der Waals surface area contributed by atoms with Crippen LogP contribution in [0.1, 0.15) is 24.0 Å². The molecule has 2 amide bonds. The molecule has 1 fully saturated rings. The van der Waals surface area contributed by atoms with E-state index in [1.807, 2.05) is 60.7 Å². The van der Waals surface area contributed by atoms with Gasteiger partial charge in [0.1, 0.15) is 0 Å². The van der Waals surface area contributed by atoms with Gasteiger partial charge in [0.25, 0.3) is 11.8 Å². The minimum absolute atomic E-state index is 0.181. The molecule has 4 nitrogen and oxygen atoms in total. The number of nitrogens with zero attached hydrogens (tertiary/aromatic N) is 2. The van der Waals surface area contributed by atoms with E-state index in [-0.39, 0.29) is 11.8 Å². The van der Waals surface area contributed by atoms with Gasteiger partial charge in [-0.15, -0.1) is 0 Å². The number of likely N-dealkylation sites (tertiary alicyclic amines) is 1. The second-order valence-electron chi connectivity index (χ2n) is 6.79. The molecule has 2 aromatic carbocycles. The molecule has 2 heterocycles. The summed E-state index contributed by atoms with van der Waals surface area (Å²) in [4.78, 5) is 30.0. The topological polar surface area (TPSA) is 40.6 Å². The second-order valence-corrected chi connectivity index (χ2v) is 6.79. The van der Waals surface area contributed by atoms with E-state index in [4.69, 9.17) is 0 Å². The molecule has 4 rings (SSSR count). The minimum Gasteiger partial charge on any atom is -0.302 e. The van der Waals surface area contributed by atoms with Gasteiger partial charge < -0.3 is 4.90 Å². The number of carbonyl (C=O) groups is 2. The standard InChI is InChI=1S/C22H22N2O2/c25-21-19(17-9-3-1-4-10-17)20(18-11-5-2-6-12-18)22(26)24(21)16-15-23-13-7-8-14-23/h1-6,9-12H,7-8,13-16H2. The highest BCUT2D eigenvalue weighted by atomic mass is 16.2. The smallest absolute Gasteiger partial charge is 0.262 e. The monoisotopic (exact) mass is 346 g/mol. The summed E-state index contributed by atoms with van der Waals surface area (Å²) >= 11 is 0. The highest BCUT2D eigenvalue weighted by Gasteiger charge is 2.39. The van der Waals surface area contributed by atoms with Gasteiger partial charge in [-0.05, 0) is 37.1 Å². The van der Waals surface area contributed by atoms with Crippen molar-refractivity contribution >= 4 is 23.0 Å². The SMILES string of the molecule is O=C1C(c2ccccc2)=C(c2ccccc2)C(=O)N1CCN1CCCC1. The molecule has 2 aliphatic rings. The summed E-state index contributed by atoms with van der Waals surface area (Å²) in [6.07, 6.45) is 2.40. The third kappa shape index (κ3) is 3.08. The fraction of sp³-hybridized carbons (Fsp3) is 0.273. The summed E-state index contributed by atoms with van der Waals surface area (Å²) in [7, 11) is 0. The van der Waals surface area contributed by atoms with E-state index in [2.05, 4.69) is 4.90 Å². The first-order valence-corrected chi connectivity index (χ1v) is 9.19. The highest BCUT2D eigenvalue weighted by molar-refractivity contribution is 6.48. The van der Waals surface area contributed by atoms with E-state index >= 15 is 0 Å². The molecule has 4 heteroatoms. The summed E-state index contributed by atoms with van der Waals surface area (Å²) < 4.78 is 0. The second kappa shape index (κ2) is 7.26. The van der Waals surface area contributed by atoms with Crippen molar-refractivity contribution in [3.63, 3.8) is 0 Å². The molecule has 0 aliphatic carbocycles. The first-order chi connectivity index (χ1) is 12.8. The maximum Gasteiger partial charge on any atom is 0.262 e. The lowest BCUT2D eigenvalue weighted by atomic mass is 9.96. The van der Waals surface area contributed by atoms with Gasteiger partial charge in [0.15, 0.2) is 0 Å². The predicted octanol–water partition coefficient (Wildman–Crippen LogP) is 3.06. The Kier molecular flexibility index (Phi) is 4.67. The Labute approximate surface area is 153 Å². The Balaban J connectivity index is 1.69. The van der Waals surface area contributed by atoms with Crippen LogP contribution in [0.25, 0.3) is 11.1 Å². The fourth-order valence-corrected chi connectivity index (χ4v) is 3.77. The van der Waals surface area contributed by atoms with Crippen LogP contribution in [0.2, 0.25) is 0 Å². The van der Waals surface area contributed by atoms with Crippen molar-refractivity contribution in [2.24, 2.45) is 0 Å². The van der Waals surface area contributed by atoms with Crippen LogP contribution < -0.4 is 0 Å². The van der Waals surface area contributed by atoms with Gasteiger partial charge in [-0.2, -0.15) is 0 Å². The van der Waals surface area contributed by atoms with Crippen LogP contribution in [0.3, 0.4) is 0 Å². The van der Waals surface area contributed by atoms with Gasteiger partial charge in [-0.1, -0.05) is 60.7 Å². The normalized spacial score (nSPS) is 18.2. The third-order valence-corrected chi connectivity index (χ3v) is 5.13. The zero-order valence-corrected chi connectivity index (χ0v) is 14.7. The van der Waals surface area contributed by atoms with Crippen LogP contribution in [0.5, 0.6) is 0 Å². The molecule has 0 atom stereocenters. The fourth-order valence-electron chi connectivity index (χ4n) is 3.77. The van der Waals surface area contributed by atoms with Crippen molar-refractivity contribution in [3.8, 4) is 0 Å². The number of rotatable bonds is 5. The van der Waals surface area contributed by atoms with Gasteiger partial charge in [0.2, 0.25) is 0 Å². The van der Waals surface area contributed by atoms with E-state index in [1.54, 1.807) is 0 Å². The van der Waals surface area contributed by atoms with Gasteiger partial charge >= 0.3 is 0 Å². The summed E-state index contributed by atoms with van der Waals surface area (Å²) in [6, 6.07) is 19.0. The van der Waals surface area contributed by atoms with Crippen molar-refractivity contribution in [1.29, 1.82) is 0 Å². The molecule has 132 valence electrons. The molecule has 0 saturated carbocycles. The van der Waals surface area contributed by atoms with Gasteiger partial charge in [0.05, 0.1) is 11.1 Å². The first-order valence-electron chi connectivity index (χ1n) is 9.19. The maximum atomic E-state index is 13.1. The lowest BCUT2D eigenvalue weighted by molar-refractivity contribution is -0.136. The van der Waals surface area contributed by atoms with Gasteiger partial charge in [-0.3, -0.25) is 14.5 Å². The Hall–Kier alpha value is -2.72. The molecule has 0 spiro atoms. The lowest BCUT2D eigenvalue weighted by Gasteiger charge is -2.20. The van der Waals surface area contributed by atoms with Crippen molar-refractivity contribution in [2.45, 2.75) is 12.8 Å². The molecule has 0 bridgehead atoms. The van der Waals surface area contributed by atoms with E-state index in [0.29, 0.717) is 17.7 Å². The number of carbonyl (C=O) groups excluding carboxylic acids is 2. The molecule has 0 unspecified atom stereocenters. The molecule has 26 heavy (non-hydrogen) atoms. The zero-order valence-electron chi connectivity index (χ0n) is 14.7. The Morgan fingerprint density at radius 2 is 1.12 bits per heavy atom. The average molecular weight is 346 g/mol. The Morgan fingerprint density at radius 3 is 1.58 bits per heavy atom. The number of amides is 2. The van der Waals surface area contributed by atoms with Crippen LogP contribution in [0.4, 0.5) is 0 Å². The predicted molar refractivity (Wildman–Crippen MR) is 102 cm³/mol. The molecule has 2 aromatic rings. The molecule has 2 aliphatic heterocycles. The quantitative estimate of drug-likeness (QED) is 0.781. The van der Waals surface area contributed by atoms with E-state index in [9.17, 15) is 9.59 Å². The van der Waals surface area contributed by atoms with Gasteiger partial charge in [0, 0.05) is 13.1 Å². The molecule has 1 saturated heterocycles. The maximum absolute atomic E-state index is 13.1. The Morgan fingerprint density at radius 1 is 0.654 bits per heavy atom. The summed E-state index contributed by atoms with van der Waals surface area (Å²) in [5.41, 5.74) is 2.63. The van der Waals surface area contributed by atoms with Crippen molar-refractivity contribution < 1.29 is 9.59 Å². The molecular formula is C22H22N2O2. The minimum atomic E-state index is -0.181. The summed E-state index contributed by atoms with van der Waals surface area (Å²) in [5.74, 6) is -0.363. The van der Waals surface area contributed by atoms with Crippen LogP contribution in [-0.4, -0.2) is 47.8 Å². The number of imide groups is 1. The Bertz CT molecular complexity index is 775. The van der Waals surface area contributed by atoms with Crippen molar-refractivity contribution in [3.05, 3.63) is 71.8 Å². The number of hydrogen-bond donors (Lipinski definition) is 0. The lowest BCUT2D eigenvalue weighted by Crippen LogP contribution is -2.38. The van der Waals surface area contributed by atoms with Crippen LogP contribution >= 0.6 is 0 Å². The summed E-state index contributed by atoms with van der Waals surface area (Å²) in [6.45, 7) is 3.31. The molecule has 0 radical (unpaired) electrons. The van der Waals surface area contributed by atoms with Crippen LogP contribution in [0, 0.1) is 0 Å². The van der Waals surface area contributed by atoms with Crippen LogP contribution in [0.15, 0.2) is 60.7 Å². The molecule has 0 aromatic heterocycles. The highest BCUT2D eigenvalue weighted by Crippen LogP contribution is 2.35. The number of benzene rings is 2. The third-order valence-electron chi connectivity index (χ3n) is 5.13. The largest absolute Gasteiger partial charge is 0.302 e. The molecule has 0 N–H and O–H groups in total. The zero-order chi connectivity index (χ0) is 17.9. The van der Waals surface area contributed by atoms with E-state index in [0.717, 1.165) is 30.8 Å². The van der Waals surface area contributed by atoms with Crippen LogP contribution in [-0.2, 0) is 9.59 Å². The first kappa shape index (κ1) is 16.7. The van der Waals surface area contributed by atoms with E-state index < -0.39 is 0 Å². The number of hydrogen-bond acceptors (Lipinski definition) is 3. The van der Waals surface area contributed by atoms with Crippen molar-refractivity contribution in [2.75, 3.05) is 26.2 Å².